The molecule has 0 bridgehead atoms. The number of hydrogen-bond acceptors (Lipinski definition) is 4. The zero-order valence-electron chi connectivity index (χ0n) is 17.0. The maximum absolute atomic E-state index is 5.63. The lowest BCUT2D eigenvalue weighted by Gasteiger charge is -2.46. The van der Waals surface area contributed by atoms with Crippen LogP contribution in [0.2, 0.25) is 0 Å². The molecule has 9 heteroatoms. The summed E-state index contributed by atoms with van der Waals surface area (Å²) in [6.45, 7) is 0. The molecule has 0 aromatic heterocycles. The Hall–Kier alpha value is 0.420. The van der Waals surface area contributed by atoms with Crippen LogP contribution in [0.5, 0.6) is 0 Å². The summed E-state index contributed by atoms with van der Waals surface area (Å²) in [4.78, 5) is 0. The Morgan fingerprint density at radius 3 is 1.05 bits per heavy atom. The minimum Gasteiger partial charge on any atom is -0.279 e. The van der Waals surface area contributed by atoms with Gasteiger partial charge in [0.25, 0.3) is 0 Å². The van der Waals surface area contributed by atoms with Gasteiger partial charge in [-0.25, -0.2) is 9.34 Å². The van der Waals surface area contributed by atoms with E-state index >= 15 is 0 Å². The Bertz CT molecular complexity index is 377. The number of quaternary nitrogens is 1. The molecule has 0 radical (unpaired) electrons. The molecule has 134 valence electrons. The molecule has 0 aromatic rings. The van der Waals surface area contributed by atoms with Crippen molar-refractivity contribution in [1.82, 2.24) is 23.4 Å². The quantitative estimate of drug-likeness (QED) is 0.653. The predicted molar refractivity (Wildman–Crippen MR) is 103 cm³/mol. The van der Waals surface area contributed by atoms with Crippen LogP contribution in [0.15, 0.2) is 4.52 Å². The van der Waals surface area contributed by atoms with Gasteiger partial charge in [-0.05, 0) is 32.7 Å². The van der Waals surface area contributed by atoms with Gasteiger partial charge in [0, 0.05) is 42.3 Å². The van der Waals surface area contributed by atoms with Crippen LogP contribution in [0.1, 0.15) is 0 Å². The molecule has 0 spiro atoms. The molecule has 0 atom stereocenters. The summed E-state index contributed by atoms with van der Waals surface area (Å²) in [6.07, 6.45) is 0. The highest BCUT2D eigenvalue weighted by Crippen LogP contribution is 2.75. The lowest BCUT2D eigenvalue weighted by Crippen LogP contribution is -2.44. The zero-order valence-corrected chi connectivity index (χ0v) is 18.8. The molecule has 0 fully saturated rings. The Labute approximate surface area is 139 Å². The van der Waals surface area contributed by atoms with Gasteiger partial charge < -0.3 is 0 Å². The monoisotopic (exact) mass is 355 g/mol. The van der Waals surface area contributed by atoms with Gasteiger partial charge in [0.15, 0.2) is 0 Å². The molecular formula is C13H39N7P2+2. The summed E-state index contributed by atoms with van der Waals surface area (Å²) in [5.74, 6) is 0. The molecular weight excluding hydrogens is 316 g/mol. The van der Waals surface area contributed by atoms with E-state index in [1.807, 2.05) is 0 Å². The molecule has 0 unspecified atom stereocenters. The molecule has 0 aromatic carbocycles. The summed E-state index contributed by atoms with van der Waals surface area (Å²) in [6, 6.07) is 0. The van der Waals surface area contributed by atoms with Crippen molar-refractivity contribution in [3.8, 4) is 0 Å². The molecule has 0 rings (SSSR count). The molecule has 0 aliphatic heterocycles. The maximum Gasteiger partial charge on any atom is 0.361 e. The van der Waals surface area contributed by atoms with Gasteiger partial charge in [-0.15, -0.1) is 14.0 Å². The van der Waals surface area contributed by atoms with Crippen LogP contribution in [0, 0.1) is 0 Å². The Morgan fingerprint density at radius 1 is 0.636 bits per heavy atom. The van der Waals surface area contributed by atoms with Crippen LogP contribution in [0.4, 0.5) is 0 Å². The molecule has 0 saturated heterocycles. The fraction of sp³-hybridized carbons (Fsp3) is 1.00. The summed E-state index contributed by atoms with van der Waals surface area (Å²) in [5.41, 5.74) is 0. The third-order valence-corrected chi connectivity index (χ3v) is 12.6. The topological polar surface area (TPSA) is 28.6 Å². The van der Waals surface area contributed by atoms with Crippen LogP contribution in [-0.2, 0) is 0 Å². The van der Waals surface area contributed by atoms with E-state index in [4.69, 9.17) is 4.52 Å². The molecule has 0 N–H and O–H groups in total. The minimum absolute atomic E-state index is 0.796. The van der Waals surface area contributed by atoms with Gasteiger partial charge in [-0.2, -0.15) is 0 Å². The highest BCUT2D eigenvalue weighted by molar-refractivity contribution is 7.74. The first-order valence-corrected chi connectivity index (χ1v) is 10.6. The lowest BCUT2D eigenvalue weighted by atomic mass is 11.0. The Kier molecular flexibility index (Phi) is 7.68. The smallest absolute Gasteiger partial charge is 0.279 e. The van der Waals surface area contributed by atoms with Crippen molar-refractivity contribution in [2.24, 2.45) is 4.52 Å². The van der Waals surface area contributed by atoms with E-state index in [1.165, 1.54) is 0 Å². The third-order valence-electron chi connectivity index (χ3n) is 3.73. The molecule has 0 saturated carbocycles. The average Bonchev–Trinajstić information content (AvgIpc) is 2.25. The van der Waals surface area contributed by atoms with Crippen molar-refractivity contribution in [2.75, 3.05) is 91.6 Å². The largest absolute Gasteiger partial charge is 0.361 e. The van der Waals surface area contributed by atoms with E-state index in [0.717, 1.165) is 4.25 Å². The van der Waals surface area contributed by atoms with E-state index in [9.17, 15) is 0 Å². The summed E-state index contributed by atoms with van der Waals surface area (Å²) >= 11 is 0. The second-order valence-electron chi connectivity index (χ2n) is 7.34. The van der Waals surface area contributed by atoms with Gasteiger partial charge in [-0.1, -0.05) is 0 Å². The number of rotatable bonds is 7. The SMILES string of the molecule is CN(C)P(=N[P+](N(C)C)(N(C)C)N(C)C)(N(C)C)[N+](C)(C)C. The fourth-order valence-electron chi connectivity index (χ4n) is 3.19. The molecule has 22 heavy (non-hydrogen) atoms. The standard InChI is InChI=1S/C13H39N7P2/c1-15(2)21(16(3)4,17(5)6)14-22(18(7)8,19(9)10)20(11,12)13/h1-13H3/q+2. The van der Waals surface area contributed by atoms with Gasteiger partial charge in [0.1, 0.15) is 0 Å². The highest BCUT2D eigenvalue weighted by Gasteiger charge is 2.56. The molecule has 0 heterocycles. The number of nitrogens with zero attached hydrogens (tertiary/aromatic N) is 7. The van der Waals surface area contributed by atoms with Crippen molar-refractivity contribution in [2.45, 2.75) is 0 Å². The van der Waals surface area contributed by atoms with Crippen molar-refractivity contribution in [1.29, 1.82) is 0 Å². The van der Waals surface area contributed by atoms with Crippen LogP contribution in [0.3, 0.4) is 0 Å². The Morgan fingerprint density at radius 2 is 0.909 bits per heavy atom. The second kappa shape index (κ2) is 7.54. The second-order valence-corrected chi connectivity index (χ2v) is 15.4. The van der Waals surface area contributed by atoms with Crippen molar-refractivity contribution in [3.05, 3.63) is 0 Å². The van der Waals surface area contributed by atoms with Crippen LogP contribution < -0.4 is 0 Å². The predicted octanol–water partition coefficient (Wildman–Crippen LogP) is 2.12. The van der Waals surface area contributed by atoms with E-state index in [1.54, 1.807) is 0 Å². The van der Waals surface area contributed by atoms with E-state index in [0.29, 0.717) is 0 Å². The average molecular weight is 355 g/mol. The highest BCUT2D eigenvalue weighted by atomic mass is 31.2. The van der Waals surface area contributed by atoms with Crippen LogP contribution >= 0.6 is 15.4 Å². The zero-order chi connectivity index (χ0) is 18.1. The lowest BCUT2D eigenvalue weighted by molar-refractivity contribution is -0.749. The van der Waals surface area contributed by atoms with E-state index in [2.05, 4.69) is 115 Å². The first-order valence-electron chi connectivity index (χ1n) is 7.41. The molecule has 0 aliphatic rings. The summed E-state index contributed by atoms with van der Waals surface area (Å²) in [5, 5.41) is 0. The maximum atomic E-state index is 5.63. The first-order chi connectivity index (χ1) is 9.67. The Balaban J connectivity index is 6.86. The van der Waals surface area contributed by atoms with E-state index in [-0.39, 0.29) is 0 Å². The van der Waals surface area contributed by atoms with Crippen LogP contribution in [-0.4, -0.2) is 119 Å². The molecule has 0 aliphatic carbocycles. The first kappa shape index (κ1) is 22.4. The van der Waals surface area contributed by atoms with Gasteiger partial charge in [-0.3, -0.25) is 4.25 Å². The minimum atomic E-state index is -1.96. The van der Waals surface area contributed by atoms with Crippen molar-refractivity contribution in [3.63, 3.8) is 0 Å². The molecule has 7 nitrogen and oxygen atoms in total. The van der Waals surface area contributed by atoms with Crippen molar-refractivity contribution >= 4 is 15.4 Å². The summed E-state index contributed by atoms with van der Waals surface area (Å²) < 4.78 is 17.9. The fourth-order valence-corrected chi connectivity index (χ4v) is 13.6. The van der Waals surface area contributed by atoms with E-state index < -0.39 is 15.4 Å². The molecule has 0 amide bonds. The third kappa shape index (κ3) is 3.73. The van der Waals surface area contributed by atoms with Gasteiger partial charge in [0.05, 0.1) is 21.1 Å². The van der Waals surface area contributed by atoms with Gasteiger partial charge in [0.2, 0.25) is 0 Å². The van der Waals surface area contributed by atoms with Gasteiger partial charge >= 0.3 is 15.4 Å². The summed E-state index contributed by atoms with van der Waals surface area (Å²) in [7, 11) is 24.2. The number of hydrogen-bond donors (Lipinski definition) is 0. The van der Waals surface area contributed by atoms with Crippen LogP contribution in [0.25, 0.3) is 0 Å². The van der Waals surface area contributed by atoms with Crippen molar-refractivity contribution < 1.29 is 4.25 Å². The normalized spacial score (nSPS) is 14.8.